The summed E-state index contributed by atoms with van der Waals surface area (Å²) in [6.45, 7) is 2.14. The van der Waals surface area contributed by atoms with Crippen molar-refractivity contribution in [1.29, 1.82) is 0 Å². The van der Waals surface area contributed by atoms with Gasteiger partial charge in [-0.05, 0) is 11.6 Å². The Bertz CT molecular complexity index is 673. The number of ether oxygens (including phenoxy) is 2. The van der Waals surface area contributed by atoms with Gasteiger partial charge in [0.25, 0.3) is 0 Å². The molecule has 2 aromatic rings. The minimum atomic E-state index is -0.109. The SMILES string of the molecule is COC[C@H]1CN(C(=O)Nc2ccccc2-c2ccccc2)CCO1. The van der Waals surface area contributed by atoms with Gasteiger partial charge in [0.15, 0.2) is 0 Å². The second-order valence-corrected chi connectivity index (χ2v) is 5.74. The second-order valence-electron chi connectivity index (χ2n) is 5.74. The number of nitrogens with zero attached hydrogens (tertiary/aromatic N) is 1. The molecule has 1 N–H and O–H groups in total. The highest BCUT2D eigenvalue weighted by atomic mass is 16.5. The Morgan fingerprint density at radius 3 is 2.75 bits per heavy atom. The van der Waals surface area contributed by atoms with Crippen molar-refractivity contribution >= 4 is 11.7 Å². The summed E-state index contributed by atoms with van der Waals surface area (Å²) in [5.41, 5.74) is 2.89. The van der Waals surface area contributed by atoms with Gasteiger partial charge in [-0.15, -0.1) is 0 Å². The first-order valence-electron chi connectivity index (χ1n) is 8.09. The number of carbonyl (C=O) groups is 1. The number of carbonyl (C=O) groups excluding carboxylic acids is 1. The topological polar surface area (TPSA) is 50.8 Å². The van der Waals surface area contributed by atoms with Crippen LogP contribution in [0.15, 0.2) is 54.6 Å². The Balaban J connectivity index is 1.73. The van der Waals surface area contributed by atoms with Gasteiger partial charge in [-0.2, -0.15) is 0 Å². The number of methoxy groups -OCH3 is 1. The van der Waals surface area contributed by atoms with Gasteiger partial charge in [-0.3, -0.25) is 0 Å². The Labute approximate surface area is 142 Å². The average Bonchev–Trinajstić information content (AvgIpc) is 2.63. The van der Waals surface area contributed by atoms with Crippen molar-refractivity contribution in [2.24, 2.45) is 0 Å². The van der Waals surface area contributed by atoms with Crippen molar-refractivity contribution in [1.82, 2.24) is 4.90 Å². The molecular weight excluding hydrogens is 304 g/mol. The number of anilines is 1. The van der Waals surface area contributed by atoms with Gasteiger partial charge < -0.3 is 19.7 Å². The Morgan fingerprint density at radius 1 is 1.21 bits per heavy atom. The summed E-state index contributed by atoms with van der Waals surface area (Å²) in [4.78, 5) is 14.4. The van der Waals surface area contributed by atoms with Gasteiger partial charge in [0, 0.05) is 19.2 Å². The molecule has 24 heavy (non-hydrogen) atoms. The van der Waals surface area contributed by atoms with Crippen LogP contribution in [0.2, 0.25) is 0 Å². The summed E-state index contributed by atoms with van der Waals surface area (Å²) in [6, 6.07) is 17.8. The normalized spacial score (nSPS) is 17.5. The minimum Gasteiger partial charge on any atom is -0.382 e. The zero-order valence-electron chi connectivity index (χ0n) is 13.8. The third-order valence-electron chi connectivity index (χ3n) is 4.03. The maximum Gasteiger partial charge on any atom is 0.322 e. The molecule has 2 aromatic carbocycles. The summed E-state index contributed by atoms with van der Waals surface area (Å²) in [7, 11) is 1.64. The number of benzene rings is 2. The largest absolute Gasteiger partial charge is 0.382 e. The van der Waals surface area contributed by atoms with Crippen LogP contribution >= 0.6 is 0 Å². The van der Waals surface area contributed by atoms with Gasteiger partial charge in [0.2, 0.25) is 0 Å². The van der Waals surface area contributed by atoms with E-state index in [4.69, 9.17) is 9.47 Å². The van der Waals surface area contributed by atoms with Gasteiger partial charge in [0.05, 0.1) is 31.5 Å². The highest BCUT2D eigenvalue weighted by molar-refractivity contribution is 5.94. The Kier molecular flexibility index (Phi) is 5.46. The molecule has 0 aromatic heterocycles. The highest BCUT2D eigenvalue weighted by Gasteiger charge is 2.24. The third kappa shape index (κ3) is 3.93. The molecule has 0 radical (unpaired) electrons. The number of hydrogen-bond donors (Lipinski definition) is 1. The summed E-state index contributed by atoms with van der Waals surface area (Å²) in [5, 5.41) is 3.03. The summed E-state index contributed by atoms with van der Waals surface area (Å²) in [5.74, 6) is 0. The second kappa shape index (κ2) is 7.95. The number of morpholine rings is 1. The quantitative estimate of drug-likeness (QED) is 0.938. The molecule has 1 aliphatic rings. The molecule has 0 spiro atoms. The minimum absolute atomic E-state index is 0.0705. The van der Waals surface area contributed by atoms with Gasteiger partial charge in [0.1, 0.15) is 0 Å². The molecule has 1 heterocycles. The lowest BCUT2D eigenvalue weighted by Crippen LogP contribution is -2.48. The van der Waals surface area contributed by atoms with E-state index in [9.17, 15) is 4.79 Å². The lowest BCUT2D eigenvalue weighted by molar-refractivity contribution is -0.0481. The molecule has 1 aliphatic heterocycles. The fraction of sp³-hybridized carbons (Fsp3) is 0.316. The lowest BCUT2D eigenvalue weighted by Gasteiger charge is -2.32. The first-order chi connectivity index (χ1) is 11.8. The van der Waals surface area contributed by atoms with E-state index in [1.165, 1.54) is 0 Å². The predicted molar refractivity (Wildman–Crippen MR) is 94.1 cm³/mol. The first-order valence-corrected chi connectivity index (χ1v) is 8.09. The molecule has 0 aliphatic carbocycles. The van der Waals surface area contributed by atoms with Gasteiger partial charge in [-0.25, -0.2) is 4.79 Å². The number of hydrogen-bond acceptors (Lipinski definition) is 3. The smallest absolute Gasteiger partial charge is 0.322 e. The van der Waals surface area contributed by atoms with E-state index in [1.807, 2.05) is 54.6 Å². The number of rotatable bonds is 4. The van der Waals surface area contributed by atoms with Crippen LogP contribution in [0.25, 0.3) is 11.1 Å². The molecule has 1 fully saturated rings. The molecule has 5 heteroatoms. The number of para-hydroxylation sites is 1. The van der Waals surface area contributed by atoms with E-state index < -0.39 is 0 Å². The number of amides is 2. The van der Waals surface area contributed by atoms with Crippen LogP contribution in [0.4, 0.5) is 10.5 Å². The number of nitrogens with one attached hydrogen (secondary N) is 1. The van der Waals surface area contributed by atoms with Gasteiger partial charge in [-0.1, -0.05) is 48.5 Å². The van der Waals surface area contributed by atoms with Crippen LogP contribution in [0.1, 0.15) is 0 Å². The molecule has 126 valence electrons. The van der Waals surface area contributed by atoms with Crippen molar-refractivity contribution < 1.29 is 14.3 Å². The highest BCUT2D eigenvalue weighted by Crippen LogP contribution is 2.27. The van der Waals surface area contributed by atoms with E-state index in [1.54, 1.807) is 12.0 Å². The molecule has 1 saturated heterocycles. The lowest BCUT2D eigenvalue weighted by atomic mass is 10.0. The standard InChI is InChI=1S/C19H22N2O3/c1-23-14-16-13-21(11-12-24-16)19(22)20-18-10-6-5-9-17(18)15-7-3-2-4-8-15/h2-10,16H,11-14H2,1H3,(H,20,22)/t16-/m1/s1. The maximum atomic E-state index is 12.6. The fourth-order valence-electron chi connectivity index (χ4n) is 2.85. The van der Waals surface area contributed by atoms with E-state index >= 15 is 0 Å². The Hall–Kier alpha value is -2.37. The zero-order chi connectivity index (χ0) is 16.8. The van der Waals surface area contributed by atoms with Crippen molar-refractivity contribution in [3.8, 4) is 11.1 Å². The molecule has 0 unspecified atom stereocenters. The zero-order valence-corrected chi connectivity index (χ0v) is 13.8. The van der Waals surface area contributed by atoms with E-state index in [0.29, 0.717) is 26.3 Å². The van der Waals surface area contributed by atoms with Crippen molar-refractivity contribution in [2.45, 2.75) is 6.10 Å². The van der Waals surface area contributed by atoms with Crippen LogP contribution < -0.4 is 5.32 Å². The van der Waals surface area contributed by atoms with Crippen LogP contribution in [0.3, 0.4) is 0 Å². The summed E-state index contributed by atoms with van der Waals surface area (Å²) in [6.07, 6.45) is -0.0705. The van der Waals surface area contributed by atoms with E-state index in [2.05, 4.69) is 5.32 Å². The predicted octanol–water partition coefficient (Wildman–Crippen LogP) is 3.23. The van der Waals surface area contributed by atoms with E-state index in [-0.39, 0.29) is 12.1 Å². The molecule has 3 rings (SSSR count). The maximum absolute atomic E-state index is 12.6. The van der Waals surface area contributed by atoms with Crippen molar-refractivity contribution in [3.63, 3.8) is 0 Å². The molecule has 5 nitrogen and oxygen atoms in total. The van der Waals surface area contributed by atoms with E-state index in [0.717, 1.165) is 16.8 Å². The van der Waals surface area contributed by atoms with Crippen LogP contribution in [-0.2, 0) is 9.47 Å². The molecule has 1 atom stereocenters. The average molecular weight is 326 g/mol. The summed E-state index contributed by atoms with van der Waals surface area (Å²) >= 11 is 0. The monoisotopic (exact) mass is 326 g/mol. The third-order valence-corrected chi connectivity index (χ3v) is 4.03. The van der Waals surface area contributed by atoms with Crippen LogP contribution in [0, 0.1) is 0 Å². The fourth-order valence-corrected chi connectivity index (χ4v) is 2.85. The number of urea groups is 1. The molecule has 0 saturated carbocycles. The first kappa shape index (κ1) is 16.5. The molecule has 2 amide bonds. The van der Waals surface area contributed by atoms with Crippen LogP contribution in [-0.4, -0.2) is 50.4 Å². The van der Waals surface area contributed by atoms with Crippen LogP contribution in [0.5, 0.6) is 0 Å². The Morgan fingerprint density at radius 2 is 1.96 bits per heavy atom. The van der Waals surface area contributed by atoms with Crippen molar-refractivity contribution in [2.75, 3.05) is 38.7 Å². The molecule has 0 bridgehead atoms. The van der Waals surface area contributed by atoms with Gasteiger partial charge >= 0.3 is 6.03 Å². The van der Waals surface area contributed by atoms with Crippen molar-refractivity contribution in [3.05, 3.63) is 54.6 Å². The summed E-state index contributed by atoms with van der Waals surface area (Å²) < 4.78 is 10.7. The molecular formula is C19H22N2O3.